The second-order valence-electron chi connectivity index (χ2n) is 5.16. The molecule has 0 unspecified atom stereocenters. The highest BCUT2D eigenvalue weighted by Gasteiger charge is 2.31. The first-order chi connectivity index (χ1) is 11.7. The molecule has 0 bridgehead atoms. The van der Waals surface area contributed by atoms with Gasteiger partial charge >= 0.3 is 6.36 Å². The molecule has 0 fully saturated rings. The van der Waals surface area contributed by atoms with E-state index in [4.69, 9.17) is 0 Å². The molecule has 9 heteroatoms. The number of hydrogen-bond donors (Lipinski definition) is 0. The van der Waals surface area contributed by atoms with Crippen molar-refractivity contribution in [2.24, 2.45) is 0 Å². The van der Waals surface area contributed by atoms with Crippen molar-refractivity contribution < 1.29 is 22.7 Å². The van der Waals surface area contributed by atoms with Crippen LogP contribution in [0.2, 0.25) is 0 Å². The normalized spacial score (nSPS) is 11.6. The minimum Gasteiger partial charge on any atom is -0.406 e. The number of ether oxygens (including phenoxy) is 1. The number of nitrogens with zero attached hydrogens (tertiary/aromatic N) is 3. The highest BCUT2D eigenvalue weighted by molar-refractivity contribution is 6.02. The Labute approximate surface area is 140 Å². The van der Waals surface area contributed by atoms with Gasteiger partial charge < -0.3 is 9.64 Å². The lowest BCUT2D eigenvalue weighted by Gasteiger charge is -2.11. The summed E-state index contributed by atoms with van der Waals surface area (Å²) in [6, 6.07) is 6.13. The fraction of sp³-hybridized carbons (Fsp3) is 0.188. The summed E-state index contributed by atoms with van der Waals surface area (Å²) in [5.74, 6) is -1.05. The minimum atomic E-state index is -4.83. The van der Waals surface area contributed by atoms with E-state index in [1.807, 2.05) is 0 Å². The van der Waals surface area contributed by atoms with Gasteiger partial charge in [0.2, 0.25) is 11.2 Å². The molecule has 0 spiro atoms. The van der Waals surface area contributed by atoms with E-state index in [1.54, 1.807) is 19.0 Å². The average Bonchev–Trinajstić information content (AvgIpc) is 2.51. The first kappa shape index (κ1) is 18.2. The second kappa shape index (κ2) is 7.20. The predicted molar refractivity (Wildman–Crippen MR) is 83.7 cm³/mol. The van der Waals surface area contributed by atoms with Crippen LogP contribution in [0.15, 0.2) is 53.6 Å². The lowest BCUT2D eigenvalue weighted by molar-refractivity contribution is -0.274. The molecular weight excluding hydrogens is 339 g/mol. The maximum atomic E-state index is 12.3. The van der Waals surface area contributed by atoms with Crippen molar-refractivity contribution in [1.29, 1.82) is 0 Å². The molecule has 0 aliphatic heterocycles. The van der Waals surface area contributed by atoms with E-state index in [9.17, 15) is 22.8 Å². The van der Waals surface area contributed by atoms with E-state index in [-0.39, 0.29) is 11.4 Å². The zero-order chi connectivity index (χ0) is 18.6. The van der Waals surface area contributed by atoms with E-state index in [2.05, 4.69) is 9.84 Å². The number of hydrogen-bond acceptors (Lipinski definition) is 5. The van der Waals surface area contributed by atoms with Gasteiger partial charge in [-0.05, 0) is 12.1 Å². The van der Waals surface area contributed by atoms with E-state index in [0.29, 0.717) is 0 Å². The molecule has 132 valence electrons. The maximum Gasteiger partial charge on any atom is 0.573 e. The summed E-state index contributed by atoms with van der Waals surface area (Å²) < 4.78 is 41.9. The molecule has 0 aliphatic rings. The average molecular weight is 353 g/mol. The van der Waals surface area contributed by atoms with Crippen LogP contribution in [-0.2, 0) is 0 Å². The summed E-state index contributed by atoms with van der Waals surface area (Å²) >= 11 is 0. The van der Waals surface area contributed by atoms with Crippen LogP contribution in [0, 0.1) is 0 Å². The Hall–Kier alpha value is -3.10. The van der Waals surface area contributed by atoms with Crippen molar-refractivity contribution in [1.82, 2.24) is 14.7 Å². The SMILES string of the molecule is CN(C)C=CC(=O)c1nn(-c2cccc(OC(F)(F)F)c2)ccc1=O. The number of carbonyl (C=O) groups is 1. The molecule has 1 heterocycles. The fourth-order valence-electron chi connectivity index (χ4n) is 1.84. The van der Waals surface area contributed by atoms with Crippen LogP contribution in [-0.4, -0.2) is 40.9 Å². The molecule has 1 aromatic carbocycles. The molecule has 0 saturated carbocycles. The summed E-state index contributed by atoms with van der Waals surface area (Å²) in [6.07, 6.45) is -0.939. The number of alkyl halides is 3. The summed E-state index contributed by atoms with van der Waals surface area (Å²) in [5.41, 5.74) is -0.734. The molecule has 2 aromatic rings. The largest absolute Gasteiger partial charge is 0.573 e. The molecule has 6 nitrogen and oxygen atoms in total. The van der Waals surface area contributed by atoms with Crippen LogP contribution in [0.3, 0.4) is 0 Å². The first-order valence-electron chi connectivity index (χ1n) is 7.01. The van der Waals surface area contributed by atoms with Gasteiger partial charge in [-0.25, -0.2) is 4.68 Å². The van der Waals surface area contributed by atoms with Crippen molar-refractivity contribution in [2.75, 3.05) is 14.1 Å². The van der Waals surface area contributed by atoms with Gasteiger partial charge in [0, 0.05) is 44.7 Å². The third-order valence-electron chi connectivity index (χ3n) is 2.88. The first-order valence-corrected chi connectivity index (χ1v) is 7.01. The molecule has 0 saturated heterocycles. The van der Waals surface area contributed by atoms with Gasteiger partial charge in [0.05, 0.1) is 5.69 Å². The molecule has 0 atom stereocenters. The maximum absolute atomic E-state index is 12.3. The summed E-state index contributed by atoms with van der Waals surface area (Å²) in [5, 5.41) is 3.91. The van der Waals surface area contributed by atoms with E-state index in [1.165, 1.54) is 30.6 Å². The molecule has 2 rings (SSSR count). The Morgan fingerprint density at radius 1 is 1.28 bits per heavy atom. The van der Waals surface area contributed by atoms with Gasteiger partial charge in [-0.3, -0.25) is 9.59 Å². The standard InChI is InChI=1S/C16H14F3N3O3/c1-21(2)8-6-13(23)15-14(24)7-9-22(20-15)11-4-3-5-12(10-11)25-16(17,18)19/h3-10H,1-2H3. The topological polar surface area (TPSA) is 64.4 Å². The molecule has 0 aliphatic carbocycles. The number of rotatable bonds is 5. The lowest BCUT2D eigenvalue weighted by atomic mass is 10.2. The number of benzene rings is 1. The Kier molecular flexibility index (Phi) is 5.26. The number of ketones is 1. The summed E-state index contributed by atoms with van der Waals surface area (Å²) in [4.78, 5) is 25.5. The van der Waals surface area contributed by atoms with Gasteiger partial charge in [0.25, 0.3) is 0 Å². The van der Waals surface area contributed by atoms with Gasteiger partial charge in [-0.1, -0.05) is 6.07 Å². The third kappa shape index (κ3) is 5.20. The summed E-state index contributed by atoms with van der Waals surface area (Å²) in [6.45, 7) is 0. The van der Waals surface area contributed by atoms with E-state index >= 15 is 0 Å². The van der Waals surface area contributed by atoms with Crippen LogP contribution in [0.5, 0.6) is 5.75 Å². The fourth-order valence-corrected chi connectivity index (χ4v) is 1.84. The van der Waals surface area contributed by atoms with Crippen LogP contribution in [0.25, 0.3) is 5.69 Å². The van der Waals surface area contributed by atoms with Crippen molar-refractivity contribution in [3.63, 3.8) is 0 Å². The second-order valence-corrected chi connectivity index (χ2v) is 5.16. The Balaban J connectivity index is 2.38. The quantitative estimate of drug-likeness (QED) is 0.610. The highest BCUT2D eigenvalue weighted by atomic mass is 19.4. The van der Waals surface area contributed by atoms with Gasteiger partial charge in [-0.15, -0.1) is 13.2 Å². The van der Waals surface area contributed by atoms with Crippen LogP contribution in [0.1, 0.15) is 10.5 Å². The number of aromatic nitrogens is 2. The number of halogens is 3. The monoisotopic (exact) mass is 353 g/mol. The van der Waals surface area contributed by atoms with Crippen molar-refractivity contribution in [2.45, 2.75) is 6.36 Å². The van der Waals surface area contributed by atoms with Crippen LogP contribution >= 0.6 is 0 Å². The van der Waals surface area contributed by atoms with Crippen molar-refractivity contribution >= 4 is 5.78 Å². The summed E-state index contributed by atoms with van der Waals surface area (Å²) in [7, 11) is 3.40. The number of carbonyl (C=O) groups excluding carboxylic acids is 1. The van der Waals surface area contributed by atoms with Gasteiger partial charge in [0.15, 0.2) is 5.69 Å². The van der Waals surface area contributed by atoms with E-state index < -0.39 is 23.3 Å². The van der Waals surface area contributed by atoms with Crippen molar-refractivity contribution in [3.05, 3.63) is 64.7 Å². The molecule has 0 N–H and O–H groups in total. The Bertz CT molecular complexity index is 857. The molecule has 0 amide bonds. The Morgan fingerprint density at radius 2 is 2.00 bits per heavy atom. The molecule has 0 radical (unpaired) electrons. The predicted octanol–water partition coefficient (Wildman–Crippen LogP) is 2.39. The smallest absolute Gasteiger partial charge is 0.406 e. The number of allylic oxidation sites excluding steroid dienone is 1. The highest BCUT2D eigenvalue weighted by Crippen LogP contribution is 2.24. The zero-order valence-electron chi connectivity index (χ0n) is 13.3. The van der Waals surface area contributed by atoms with Crippen LogP contribution < -0.4 is 10.2 Å². The Morgan fingerprint density at radius 3 is 2.64 bits per heavy atom. The molecular formula is C16H14F3N3O3. The van der Waals surface area contributed by atoms with Crippen LogP contribution in [0.4, 0.5) is 13.2 Å². The third-order valence-corrected chi connectivity index (χ3v) is 2.88. The zero-order valence-corrected chi connectivity index (χ0v) is 13.3. The molecule has 25 heavy (non-hydrogen) atoms. The minimum absolute atomic E-state index is 0.201. The molecule has 1 aromatic heterocycles. The van der Waals surface area contributed by atoms with E-state index in [0.717, 1.165) is 22.9 Å². The lowest BCUT2D eigenvalue weighted by Crippen LogP contribution is -2.20. The van der Waals surface area contributed by atoms with Crippen molar-refractivity contribution in [3.8, 4) is 11.4 Å². The van der Waals surface area contributed by atoms with Gasteiger partial charge in [0.1, 0.15) is 5.75 Å². The van der Waals surface area contributed by atoms with Gasteiger partial charge in [-0.2, -0.15) is 5.10 Å².